The highest BCUT2D eigenvalue weighted by atomic mass is 16.5. The maximum atomic E-state index is 5.72. The van der Waals surface area contributed by atoms with E-state index in [1.54, 1.807) is 6.21 Å². The molecule has 1 aliphatic carbocycles. The summed E-state index contributed by atoms with van der Waals surface area (Å²) in [6.45, 7) is 2.23. The van der Waals surface area contributed by atoms with Crippen LogP contribution >= 0.6 is 0 Å². The number of ether oxygens (including phenoxy) is 1. The van der Waals surface area contributed by atoms with Crippen LogP contribution in [0.3, 0.4) is 0 Å². The number of nitrogens with zero attached hydrogens (tertiary/aromatic N) is 2. The maximum absolute atomic E-state index is 5.72. The summed E-state index contributed by atoms with van der Waals surface area (Å²) in [5.41, 5.74) is 3.84. The third-order valence-corrected chi connectivity index (χ3v) is 4.68. The van der Waals surface area contributed by atoms with Crippen molar-refractivity contribution >= 4 is 11.9 Å². The van der Waals surface area contributed by atoms with Crippen LogP contribution in [0.2, 0.25) is 0 Å². The van der Waals surface area contributed by atoms with Gasteiger partial charge in [0.05, 0.1) is 12.6 Å². The smallest absolute Gasteiger partial charge is 0.108 e. The molecule has 2 fully saturated rings. The lowest BCUT2D eigenvalue weighted by molar-refractivity contribution is 0.0226. The van der Waals surface area contributed by atoms with Crippen molar-refractivity contribution < 1.29 is 4.74 Å². The highest BCUT2D eigenvalue weighted by Gasteiger charge is 2.18. The number of hydrogen-bond acceptors (Lipinski definition) is 5. The Kier molecular flexibility index (Phi) is 6.82. The summed E-state index contributed by atoms with van der Waals surface area (Å²) in [7, 11) is 1.93. The van der Waals surface area contributed by atoms with E-state index in [-0.39, 0.29) is 6.10 Å². The zero-order chi connectivity index (χ0) is 18.2. The average molecular weight is 352 g/mol. The number of hydrazone groups is 1. The second-order valence-electron chi connectivity index (χ2n) is 6.94. The summed E-state index contributed by atoms with van der Waals surface area (Å²) in [6.07, 6.45) is 7.90. The average Bonchev–Trinajstić information content (AvgIpc) is 3.50. The van der Waals surface area contributed by atoms with Crippen molar-refractivity contribution in [3.63, 3.8) is 0 Å². The van der Waals surface area contributed by atoms with Crippen molar-refractivity contribution in [2.24, 2.45) is 21.9 Å². The SMILES string of the molecule is CNCc1cc(C#CC2CC2)ccc1/C(C=NCC1CCCCO1)=N/N. The third kappa shape index (κ3) is 5.42. The Morgan fingerprint density at radius 3 is 2.92 bits per heavy atom. The van der Waals surface area contributed by atoms with Crippen molar-refractivity contribution in [3.05, 3.63) is 34.9 Å². The van der Waals surface area contributed by atoms with Crippen LogP contribution in [0.25, 0.3) is 0 Å². The van der Waals surface area contributed by atoms with Gasteiger partial charge in [-0.2, -0.15) is 5.10 Å². The van der Waals surface area contributed by atoms with Crippen LogP contribution in [0.15, 0.2) is 28.3 Å². The lowest BCUT2D eigenvalue weighted by Crippen LogP contribution is -2.22. The molecule has 1 saturated heterocycles. The number of benzene rings is 1. The molecule has 5 heteroatoms. The first-order valence-electron chi connectivity index (χ1n) is 9.49. The fraction of sp³-hybridized carbons (Fsp3) is 0.524. The first kappa shape index (κ1) is 18.6. The number of nitrogens with two attached hydrogens (primary N) is 1. The van der Waals surface area contributed by atoms with Crippen LogP contribution in [-0.2, 0) is 11.3 Å². The molecule has 0 spiro atoms. The fourth-order valence-corrected chi connectivity index (χ4v) is 3.05. The molecular weight excluding hydrogens is 324 g/mol. The molecule has 1 unspecified atom stereocenters. The zero-order valence-electron chi connectivity index (χ0n) is 15.5. The lowest BCUT2D eigenvalue weighted by atomic mass is 10.00. The van der Waals surface area contributed by atoms with Gasteiger partial charge in [0, 0.05) is 36.4 Å². The maximum Gasteiger partial charge on any atom is 0.108 e. The lowest BCUT2D eigenvalue weighted by Gasteiger charge is -2.20. The second-order valence-corrected chi connectivity index (χ2v) is 6.94. The molecule has 2 aliphatic rings. The van der Waals surface area contributed by atoms with Crippen LogP contribution in [-0.4, -0.2) is 38.2 Å². The molecule has 1 aromatic rings. The molecule has 138 valence electrons. The Labute approximate surface area is 156 Å². The van der Waals surface area contributed by atoms with Gasteiger partial charge in [-0.1, -0.05) is 17.9 Å². The van der Waals surface area contributed by atoms with E-state index in [1.807, 2.05) is 19.2 Å². The summed E-state index contributed by atoms with van der Waals surface area (Å²) in [4.78, 5) is 4.52. The van der Waals surface area contributed by atoms with Crippen LogP contribution in [0.5, 0.6) is 0 Å². The highest BCUT2D eigenvalue weighted by Crippen LogP contribution is 2.27. The second kappa shape index (κ2) is 9.51. The van der Waals surface area contributed by atoms with Gasteiger partial charge < -0.3 is 15.9 Å². The molecule has 26 heavy (non-hydrogen) atoms. The van der Waals surface area contributed by atoms with Crippen LogP contribution in [0.1, 0.15) is 48.8 Å². The van der Waals surface area contributed by atoms with Gasteiger partial charge in [-0.3, -0.25) is 4.99 Å². The first-order valence-corrected chi connectivity index (χ1v) is 9.49. The summed E-state index contributed by atoms with van der Waals surface area (Å²) in [5, 5.41) is 7.17. The quantitative estimate of drug-likeness (QED) is 0.358. The van der Waals surface area contributed by atoms with Crippen molar-refractivity contribution in [2.45, 2.75) is 44.8 Å². The highest BCUT2D eigenvalue weighted by molar-refractivity contribution is 6.38. The number of aliphatic imine (C=N–C) groups is 1. The van der Waals surface area contributed by atoms with Gasteiger partial charge in [0.25, 0.3) is 0 Å². The van der Waals surface area contributed by atoms with Crippen LogP contribution < -0.4 is 11.2 Å². The van der Waals surface area contributed by atoms with Crippen molar-refractivity contribution in [1.82, 2.24) is 5.32 Å². The van der Waals surface area contributed by atoms with Crippen molar-refractivity contribution in [1.29, 1.82) is 0 Å². The summed E-state index contributed by atoms with van der Waals surface area (Å²) >= 11 is 0. The van der Waals surface area contributed by atoms with E-state index < -0.39 is 0 Å². The molecule has 5 nitrogen and oxygen atoms in total. The molecule has 1 aliphatic heterocycles. The minimum Gasteiger partial charge on any atom is -0.376 e. The molecule has 3 rings (SSSR count). The minimum atomic E-state index is 0.218. The molecule has 1 heterocycles. The number of rotatable bonds is 6. The topological polar surface area (TPSA) is 72.0 Å². The number of nitrogens with one attached hydrogen (secondary N) is 1. The molecule has 0 radical (unpaired) electrons. The Morgan fingerprint density at radius 2 is 2.23 bits per heavy atom. The van der Waals surface area contributed by atoms with E-state index in [9.17, 15) is 0 Å². The molecule has 3 N–H and O–H groups in total. The van der Waals surface area contributed by atoms with E-state index in [0.717, 1.165) is 42.7 Å². The normalized spacial score (nSPS) is 20.8. The van der Waals surface area contributed by atoms with E-state index in [0.29, 0.717) is 18.2 Å². The molecule has 1 aromatic carbocycles. The summed E-state index contributed by atoms with van der Waals surface area (Å²) in [6, 6.07) is 6.19. The van der Waals surface area contributed by atoms with Gasteiger partial charge in [0.15, 0.2) is 0 Å². The van der Waals surface area contributed by atoms with Crippen molar-refractivity contribution in [3.8, 4) is 11.8 Å². The third-order valence-electron chi connectivity index (χ3n) is 4.68. The van der Waals surface area contributed by atoms with E-state index in [2.05, 4.69) is 33.3 Å². The van der Waals surface area contributed by atoms with Gasteiger partial charge >= 0.3 is 0 Å². The zero-order valence-corrected chi connectivity index (χ0v) is 15.5. The Balaban J connectivity index is 1.72. The van der Waals surface area contributed by atoms with Gasteiger partial charge in [0.2, 0.25) is 0 Å². The molecule has 0 amide bonds. The van der Waals surface area contributed by atoms with Gasteiger partial charge in [0.1, 0.15) is 5.71 Å². The Bertz CT molecular complexity index is 719. The standard InChI is InChI=1S/C21H28N4O/c1-23-13-18-12-17(8-7-16-5-6-16)9-10-20(18)21(25-22)15-24-14-19-4-2-3-11-26-19/h9-10,12,15-16,19,23H,2-6,11,13-14,22H2,1H3/b24-15?,25-21+. The van der Waals surface area contributed by atoms with Crippen LogP contribution in [0, 0.1) is 17.8 Å². The van der Waals surface area contributed by atoms with Crippen LogP contribution in [0.4, 0.5) is 0 Å². The molecule has 1 atom stereocenters. The summed E-state index contributed by atoms with van der Waals surface area (Å²) in [5.74, 6) is 12.8. The molecule has 1 saturated carbocycles. The van der Waals surface area contributed by atoms with Gasteiger partial charge in [-0.15, -0.1) is 0 Å². The first-order chi connectivity index (χ1) is 12.8. The minimum absolute atomic E-state index is 0.218. The Morgan fingerprint density at radius 1 is 1.35 bits per heavy atom. The molecule has 0 aromatic heterocycles. The summed E-state index contributed by atoms with van der Waals surface area (Å²) < 4.78 is 5.72. The fourth-order valence-electron chi connectivity index (χ4n) is 3.05. The largest absolute Gasteiger partial charge is 0.376 e. The van der Waals surface area contributed by atoms with E-state index >= 15 is 0 Å². The molecular formula is C21H28N4O. The number of hydrogen-bond donors (Lipinski definition) is 2. The predicted octanol–water partition coefficient (Wildman–Crippen LogP) is 2.47. The molecule has 0 bridgehead atoms. The van der Waals surface area contributed by atoms with Gasteiger partial charge in [-0.25, -0.2) is 0 Å². The van der Waals surface area contributed by atoms with Crippen molar-refractivity contribution in [2.75, 3.05) is 20.2 Å². The predicted molar refractivity (Wildman–Crippen MR) is 106 cm³/mol. The van der Waals surface area contributed by atoms with E-state index in [4.69, 9.17) is 10.6 Å². The van der Waals surface area contributed by atoms with E-state index in [1.165, 1.54) is 19.3 Å². The van der Waals surface area contributed by atoms with Gasteiger partial charge in [-0.05, 0) is 56.8 Å². The Hall–Kier alpha value is -2.16. The monoisotopic (exact) mass is 352 g/mol.